The molecule has 0 aliphatic heterocycles. The first kappa shape index (κ1) is 19.8. The lowest BCUT2D eigenvalue weighted by Crippen LogP contribution is -2.40. The Balaban J connectivity index is 1.83. The second-order valence-electron chi connectivity index (χ2n) is 6.56. The summed E-state index contributed by atoms with van der Waals surface area (Å²) < 4.78 is 5.00. The first-order valence-corrected chi connectivity index (χ1v) is 9.67. The first-order chi connectivity index (χ1) is 12.1. The van der Waals surface area contributed by atoms with E-state index in [0.29, 0.717) is 19.6 Å². The maximum atomic E-state index is 12.7. The van der Waals surface area contributed by atoms with Crippen LogP contribution >= 0.6 is 11.6 Å². The van der Waals surface area contributed by atoms with Crippen molar-refractivity contribution in [3.63, 3.8) is 0 Å². The molecule has 0 bridgehead atoms. The Kier molecular flexibility index (Phi) is 8.26. The lowest BCUT2D eigenvalue weighted by atomic mass is 10.1. The van der Waals surface area contributed by atoms with Gasteiger partial charge in [-0.1, -0.05) is 36.6 Å². The minimum atomic E-state index is -0.223. The van der Waals surface area contributed by atoms with Gasteiger partial charge < -0.3 is 9.64 Å². The molecule has 1 aliphatic rings. The molecule has 1 amide bonds. The highest BCUT2D eigenvalue weighted by Crippen LogP contribution is 2.25. The van der Waals surface area contributed by atoms with Gasteiger partial charge in [-0.15, -0.1) is 0 Å². The molecule has 0 atom stereocenters. The van der Waals surface area contributed by atoms with Crippen LogP contribution in [-0.4, -0.2) is 36.0 Å². The second-order valence-corrected chi connectivity index (χ2v) is 7.00. The van der Waals surface area contributed by atoms with E-state index in [1.54, 1.807) is 6.92 Å². The van der Waals surface area contributed by atoms with Gasteiger partial charge in [0.05, 0.1) is 13.0 Å². The zero-order valence-corrected chi connectivity index (χ0v) is 15.8. The highest BCUT2D eigenvalue weighted by atomic mass is 35.5. The number of rotatable bonds is 9. The highest BCUT2D eigenvalue weighted by Gasteiger charge is 2.26. The first-order valence-electron chi connectivity index (χ1n) is 9.29. The summed E-state index contributed by atoms with van der Waals surface area (Å²) in [5, 5.41) is 0.728. The lowest BCUT2D eigenvalue weighted by Gasteiger charge is -2.29. The van der Waals surface area contributed by atoms with E-state index < -0.39 is 0 Å². The van der Waals surface area contributed by atoms with E-state index in [-0.39, 0.29) is 24.3 Å². The Morgan fingerprint density at radius 1 is 1.16 bits per heavy atom. The highest BCUT2D eigenvalue weighted by molar-refractivity contribution is 6.30. The molecule has 0 saturated heterocycles. The van der Waals surface area contributed by atoms with Crippen LogP contribution in [-0.2, 0) is 20.7 Å². The van der Waals surface area contributed by atoms with E-state index in [1.807, 2.05) is 29.2 Å². The van der Waals surface area contributed by atoms with E-state index in [4.69, 9.17) is 16.3 Å². The molecule has 1 saturated carbocycles. The third kappa shape index (κ3) is 6.69. The van der Waals surface area contributed by atoms with Crippen molar-refractivity contribution in [2.24, 2.45) is 0 Å². The predicted octanol–water partition coefficient (Wildman–Crippen LogP) is 4.39. The van der Waals surface area contributed by atoms with Crippen LogP contribution in [0.3, 0.4) is 0 Å². The van der Waals surface area contributed by atoms with Gasteiger partial charge in [0.1, 0.15) is 0 Å². The van der Waals surface area contributed by atoms with Gasteiger partial charge in [-0.25, -0.2) is 0 Å². The van der Waals surface area contributed by atoms with E-state index >= 15 is 0 Å². The van der Waals surface area contributed by atoms with E-state index in [2.05, 4.69) is 0 Å². The van der Waals surface area contributed by atoms with Crippen LogP contribution < -0.4 is 0 Å². The van der Waals surface area contributed by atoms with Crippen LogP contribution in [0.15, 0.2) is 24.3 Å². The van der Waals surface area contributed by atoms with Crippen molar-refractivity contribution < 1.29 is 14.3 Å². The summed E-state index contributed by atoms with van der Waals surface area (Å²) in [7, 11) is 0. The molecule has 1 aliphatic carbocycles. The smallest absolute Gasteiger partial charge is 0.307 e. The molecule has 1 fully saturated rings. The number of carbonyl (C=O) groups excluding carboxylic acids is 2. The summed E-state index contributed by atoms with van der Waals surface area (Å²) in [6.07, 6.45) is 6.90. The zero-order valence-electron chi connectivity index (χ0n) is 15.0. The minimum absolute atomic E-state index is 0.158. The lowest BCUT2D eigenvalue weighted by molar-refractivity contribution is -0.144. The molecule has 2 rings (SSSR count). The Morgan fingerprint density at radius 3 is 2.48 bits per heavy atom. The van der Waals surface area contributed by atoms with Gasteiger partial charge >= 0.3 is 5.97 Å². The van der Waals surface area contributed by atoms with E-state index in [0.717, 1.165) is 30.7 Å². The number of ether oxygens (including phenoxy) is 1. The summed E-state index contributed by atoms with van der Waals surface area (Å²) in [4.78, 5) is 26.3. The summed E-state index contributed by atoms with van der Waals surface area (Å²) in [5.74, 6) is -0.0652. The Hall–Kier alpha value is -1.55. The topological polar surface area (TPSA) is 46.6 Å². The van der Waals surface area contributed by atoms with Crippen molar-refractivity contribution in [2.45, 2.75) is 64.3 Å². The molecule has 25 heavy (non-hydrogen) atoms. The van der Waals surface area contributed by atoms with Gasteiger partial charge in [-0.05, 0) is 50.3 Å². The summed E-state index contributed by atoms with van der Waals surface area (Å²) >= 11 is 5.89. The SMILES string of the molecule is CCOC(=O)CCN(C(=O)CCCc1ccc(Cl)cc1)C1CCCC1. The van der Waals surface area contributed by atoms with Crippen molar-refractivity contribution in [2.75, 3.05) is 13.2 Å². The van der Waals surface area contributed by atoms with Crippen LogP contribution in [0, 0.1) is 0 Å². The van der Waals surface area contributed by atoms with Crippen LogP contribution in [0.5, 0.6) is 0 Å². The molecule has 0 unspecified atom stereocenters. The maximum absolute atomic E-state index is 12.7. The largest absolute Gasteiger partial charge is 0.466 e. The Morgan fingerprint density at radius 2 is 1.84 bits per heavy atom. The molecule has 138 valence electrons. The normalized spacial score (nSPS) is 14.5. The predicted molar refractivity (Wildman–Crippen MR) is 99.6 cm³/mol. The fourth-order valence-electron chi connectivity index (χ4n) is 3.41. The molecule has 0 N–H and O–H groups in total. The molecule has 1 aromatic rings. The summed E-state index contributed by atoms with van der Waals surface area (Å²) in [6, 6.07) is 8.05. The fraction of sp³-hybridized carbons (Fsp3) is 0.600. The number of hydrogen-bond donors (Lipinski definition) is 0. The standard InChI is InChI=1S/C20H28ClNO3/c1-2-25-20(24)14-15-22(18-7-3-4-8-18)19(23)9-5-6-16-10-12-17(21)13-11-16/h10-13,18H,2-9,14-15H2,1H3. The summed E-state index contributed by atoms with van der Waals surface area (Å²) in [6.45, 7) is 2.66. The van der Waals surface area contributed by atoms with Crippen molar-refractivity contribution in [3.05, 3.63) is 34.9 Å². The van der Waals surface area contributed by atoms with Crippen molar-refractivity contribution in [1.82, 2.24) is 4.90 Å². The number of carbonyl (C=O) groups is 2. The monoisotopic (exact) mass is 365 g/mol. The molecular weight excluding hydrogens is 338 g/mol. The number of esters is 1. The third-order valence-electron chi connectivity index (χ3n) is 4.72. The number of amides is 1. The van der Waals surface area contributed by atoms with Gasteiger partial charge in [0.15, 0.2) is 0 Å². The molecule has 5 heteroatoms. The van der Waals surface area contributed by atoms with Crippen molar-refractivity contribution in [3.8, 4) is 0 Å². The van der Waals surface area contributed by atoms with Gasteiger partial charge in [0.2, 0.25) is 5.91 Å². The number of aryl methyl sites for hydroxylation is 1. The number of hydrogen-bond acceptors (Lipinski definition) is 3. The molecular formula is C20H28ClNO3. The molecule has 0 spiro atoms. The van der Waals surface area contributed by atoms with Gasteiger partial charge in [0, 0.05) is 24.0 Å². The average molecular weight is 366 g/mol. The molecule has 1 aromatic carbocycles. The van der Waals surface area contributed by atoms with Gasteiger partial charge in [0.25, 0.3) is 0 Å². The Bertz CT molecular complexity index is 553. The number of nitrogens with zero attached hydrogens (tertiary/aromatic N) is 1. The molecule has 0 aromatic heterocycles. The molecule has 4 nitrogen and oxygen atoms in total. The van der Waals surface area contributed by atoms with E-state index in [1.165, 1.54) is 18.4 Å². The van der Waals surface area contributed by atoms with E-state index in [9.17, 15) is 9.59 Å². The fourth-order valence-corrected chi connectivity index (χ4v) is 3.54. The number of halogens is 1. The van der Waals surface area contributed by atoms with Crippen LogP contribution in [0.1, 0.15) is 57.4 Å². The summed E-state index contributed by atoms with van der Waals surface area (Å²) in [5.41, 5.74) is 1.19. The quantitative estimate of drug-likeness (QED) is 0.610. The van der Waals surface area contributed by atoms with Crippen molar-refractivity contribution >= 4 is 23.5 Å². The third-order valence-corrected chi connectivity index (χ3v) is 4.97. The van der Waals surface area contributed by atoms with Gasteiger partial charge in [-0.2, -0.15) is 0 Å². The van der Waals surface area contributed by atoms with Gasteiger partial charge in [-0.3, -0.25) is 9.59 Å². The molecule has 0 radical (unpaired) electrons. The average Bonchev–Trinajstić information content (AvgIpc) is 3.11. The molecule has 0 heterocycles. The van der Waals surface area contributed by atoms with Crippen LogP contribution in [0.4, 0.5) is 0 Å². The van der Waals surface area contributed by atoms with Crippen LogP contribution in [0.2, 0.25) is 5.02 Å². The second kappa shape index (κ2) is 10.4. The minimum Gasteiger partial charge on any atom is -0.466 e. The van der Waals surface area contributed by atoms with Crippen molar-refractivity contribution in [1.29, 1.82) is 0 Å². The van der Waals surface area contributed by atoms with Crippen LogP contribution in [0.25, 0.3) is 0 Å². The zero-order chi connectivity index (χ0) is 18.1. The maximum Gasteiger partial charge on any atom is 0.307 e. The Labute approximate surface area is 155 Å². The number of benzene rings is 1.